The number of hydrogen-bond acceptors (Lipinski definition) is 2. The number of nitrogen functional groups attached to an aromatic ring is 1. The van der Waals surface area contributed by atoms with Crippen molar-refractivity contribution in [2.24, 2.45) is 0 Å². The molecule has 0 bridgehead atoms. The summed E-state index contributed by atoms with van der Waals surface area (Å²) in [5, 5.41) is 0. The van der Waals surface area contributed by atoms with E-state index in [9.17, 15) is 8.78 Å². The number of hydrogen-bond donors (Lipinski definition) is 1. The zero-order valence-electron chi connectivity index (χ0n) is 8.67. The van der Waals surface area contributed by atoms with Gasteiger partial charge in [-0.2, -0.15) is 0 Å². The summed E-state index contributed by atoms with van der Waals surface area (Å²) in [5.41, 5.74) is 6.66. The molecule has 1 heterocycles. The normalized spacial score (nSPS) is 10.4. The Morgan fingerprint density at radius 2 is 1.88 bits per heavy atom. The Morgan fingerprint density at radius 1 is 1.12 bits per heavy atom. The fourth-order valence-electron chi connectivity index (χ4n) is 1.51. The Balaban J connectivity index is 2.65. The molecule has 0 amide bonds. The van der Waals surface area contributed by atoms with Gasteiger partial charge in [-0.15, -0.1) is 0 Å². The first-order valence-corrected chi connectivity index (χ1v) is 4.75. The average Bonchev–Trinajstić information content (AvgIpc) is 2.25. The van der Waals surface area contributed by atoms with Crippen molar-refractivity contribution in [1.29, 1.82) is 0 Å². The number of pyridine rings is 1. The molecule has 0 spiro atoms. The van der Waals surface area contributed by atoms with E-state index < -0.39 is 11.6 Å². The monoisotopic (exact) mass is 220 g/mol. The first-order valence-electron chi connectivity index (χ1n) is 4.75. The number of rotatable bonds is 1. The van der Waals surface area contributed by atoms with E-state index in [1.807, 2.05) is 6.92 Å². The van der Waals surface area contributed by atoms with E-state index in [2.05, 4.69) is 4.98 Å². The minimum absolute atomic E-state index is 0.178. The molecule has 1 aromatic carbocycles. The predicted molar refractivity (Wildman–Crippen MR) is 58.7 cm³/mol. The maximum atomic E-state index is 13.6. The fraction of sp³-hybridized carbons (Fsp3) is 0.0833. The lowest BCUT2D eigenvalue weighted by atomic mass is 10.0. The summed E-state index contributed by atoms with van der Waals surface area (Å²) in [4.78, 5) is 3.89. The fourth-order valence-corrected chi connectivity index (χ4v) is 1.51. The van der Waals surface area contributed by atoms with Crippen LogP contribution in [-0.4, -0.2) is 4.98 Å². The summed E-state index contributed by atoms with van der Waals surface area (Å²) in [6.45, 7) is 1.81. The van der Waals surface area contributed by atoms with E-state index in [4.69, 9.17) is 5.73 Å². The number of halogens is 2. The Morgan fingerprint density at radius 3 is 2.56 bits per heavy atom. The topological polar surface area (TPSA) is 38.9 Å². The second-order valence-electron chi connectivity index (χ2n) is 3.54. The Hall–Kier alpha value is -1.97. The van der Waals surface area contributed by atoms with Gasteiger partial charge in [-0.1, -0.05) is 0 Å². The largest absolute Gasteiger partial charge is 0.396 e. The molecular formula is C12H10F2N2. The van der Waals surface area contributed by atoms with E-state index in [1.165, 1.54) is 6.20 Å². The zero-order valence-corrected chi connectivity index (χ0v) is 8.67. The van der Waals surface area contributed by atoms with Gasteiger partial charge in [0, 0.05) is 29.6 Å². The van der Waals surface area contributed by atoms with Gasteiger partial charge in [-0.3, -0.25) is 4.98 Å². The molecule has 4 heteroatoms. The Labute approximate surface area is 91.7 Å². The number of aryl methyl sites for hydroxylation is 1. The van der Waals surface area contributed by atoms with Gasteiger partial charge in [0.2, 0.25) is 0 Å². The highest BCUT2D eigenvalue weighted by molar-refractivity contribution is 5.68. The van der Waals surface area contributed by atoms with Crippen molar-refractivity contribution in [2.75, 3.05) is 5.73 Å². The van der Waals surface area contributed by atoms with Gasteiger partial charge in [-0.25, -0.2) is 8.78 Å². The summed E-state index contributed by atoms with van der Waals surface area (Å²) in [6, 6.07) is 3.81. The molecule has 0 fully saturated rings. The summed E-state index contributed by atoms with van der Waals surface area (Å²) >= 11 is 0. The molecule has 0 radical (unpaired) electrons. The van der Waals surface area contributed by atoms with Crippen LogP contribution < -0.4 is 5.73 Å². The maximum absolute atomic E-state index is 13.6. The smallest absolute Gasteiger partial charge is 0.146 e. The van der Waals surface area contributed by atoms with Gasteiger partial charge in [-0.05, 0) is 24.6 Å². The second kappa shape index (κ2) is 3.89. The molecule has 0 aliphatic heterocycles. The lowest BCUT2D eigenvalue weighted by Gasteiger charge is -2.07. The number of nitrogens with zero attached hydrogens (tertiary/aromatic N) is 1. The third-order valence-corrected chi connectivity index (χ3v) is 2.42. The van der Waals surface area contributed by atoms with Crippen LogP contribution >= 0.6 is 0 Å². The summed E-state index contributed by atoms with van der Waals surface area (Å²) in [5.74, 6) is -1.17. The highest BCUT2D eigenvalue weighted by atomic mass is 19.1. The van der Waals surface area contributed by atoms with Crippen molar-refractivity contribution >= 4 is 5.69 Å². The van der Waals surface area contributed by atoms with E-state index >= 15 is 0 Å². The highest BCUT2D eigenvalue weighted by Gasteiger charge is 2.11. The maximum Gasteiger partial charge on any atom is 0.146 e. The van der Waals surface area contributed by atoms with Crippen LogP contribution in [0.5, 0.6) is 0 Å². The van der Waals surface area contributed by atoms with Crippen LogP contribution in [0.3, 0.4) is 0 Å². The second-order valence-corrected chi connectivity index (χ2v) is 3.54. The number of aromatic nitrogens is 1. The van der Waals surface area contributed by atoms with Gasteiger partial charge in [0.15, 0.2) is 0 Å². The van der Waals surface area contributed by atoms with Gasteiger partial charge >= 0.3 is 0 Å². The molecular weight excluding hydrogens is 210 g/mol. The number of benzene rings is 1. The molecule has 16 heavy (non-hydrogen) atoms. The van der Waals surface area contributed by atoms with E-state index in [0.717, 1.165) is 17.7 Å². The third kappa shape index (κ3) is 1.74. The average molecular weight is 220 g/mol. The van der Waals surface area contributed by atoms with Crippen molar-refractivity contribution in [3.63, 3.8) is 0 Å². The van der Waals surface area contributed by atoms with Crippen molar-refractivity contribution < 1.29 is 8.78 Å². The molecule has 2 N–H and O–H groups in total. The van der Waals surface area contributed by atoms with Crippen molar-refractivity contribution in [1.82, 2.24) is 4.98 Å². The van der Waals surface area contributed by atoms with Crippen molar-refractivity contribution in [2.45, 2.75) is 6.92 Å². The first-order chi connectivity index (χ1) is 7.59. The lowest BCUT2D eigenvalue weighted by molar-refractivity contribution is 0.607. The third-order valence-electron chi connectivity index (χ3n) is 2.42. The molecule has 82 valence electrons. The molecule has 0 aliphatic rings. The Kier molecular flexibility index (Phi) is 2.56. The predicted octanol–water partition coefficient (Wildman–Crippen LogP) is 2.92. The van der Waals surface area contributed by atoms with Crippen molar-refractivity contribution in [3.8, 4) is 11.1 Å². The van der Waals surface area contributed by atoms with E-state index in [1.54, 1.807) is 12.3 Å². The van der Waals surface area contributed by atoms with Crippen LogP contribution in [0.25, 0.3) is 11.1 Å². The zero-order chi connectivity index (χ0) is 11.7. The minimum Gasteiger partial charge on any atom is -0.396 e. The van der Waals surface area contributed by atoms with Gasteiger partial charge in [0.1, 0.15) is 11.6 Å². The summed E-state index contributed by atoms with van der Waals surface area (Å²) in [7, 11) is 0. The number of anilines is 1. The molecule has 1 aromatic heterocycles. The molecule has 0 atom stereocenters. The molecule has 0 unspecified atom stereocenters. The van der Waals surface area contributed by atoms with Crippen LogP contribution in [0.1, 0.15) is 5.56 Å². The Bertz CT molecular complexity index is 539. The molecule has 2 nitrogen and oxygen atoms in total. The first kappa shape index (κ1) is 10.5. The minimum atomic E-state index is -0.625. The van der Waals surface area contributed by atoms with Crippen LogP contribution in [0.15, 0.2) is 30.6 Å². The van der Waals surface area contributed by atoms with Crippen LogP contribution in [-0.2, 0) is 0 Å². The molecule has 0 saturated carbocycles. The SMILES string of the molecule is Cc1ccncc1-c1cc(F)c(N)cc1F. The van der Waals surface area contributed by atoms with Crippen LogP contribution in [0, 0.1) is 18.6 Å². The molecule has 0 aliphatic carbocycles. The quantitative estimate of drug-likeness (QED) is 0.750. The van der Waals surface area contributed by atoms with Gasteiger partial charge in [0.05, 0.1) is 5.69 Å². The van der Waals surface area contributed by atoms with Crippen molar-refractivity contribution in [3.05, 3.63) is 47.8 Å². The lowest BCUT2D eigenvalue weighted by Crippen LogP contribution is -1.96. The molecule has 2 aromatic rings. The number of nitrogens with two attached hydrogens (primary N) is 1. The van der Waals surface area contributed by atoms with E-state index in [-0.39, 0.29) is 11.3 Å². The highest BCUT2D eigenvalue weighted by Crippen LogP contribution is 2.28. The van der Waals surface area contributed by atoms with Gasteiger partial charge < -0.3 is 5.73 Å². The molecule has 0 saturated heterocycles. The van der Waals surface area contributed by atoms with Gasteiger partial charge in [0.25, 0.3) is 0 Å². The van der Waals surface area contributed by atoms with E-state index in [0.29, 0.717) is 5.56 Å². The summed E-state index contributed by atoms with van der Waals surface area (Å²) < 4.78 is 26.9. The summed E-state index contributed by atoms with van der Waals surface area (Å²) in [6.07, 6.45) is 3.10. The van der Waals surface area contributed by atoms with Crippen LogP contribution in [0.4, 0.5) is 14.5 Å². The standard InChI is InChI=1S/C12H10F2N2/c1-7-2-3-16-6-9(7)8-4-11(14)12(15)5-10(8)13/h2-6H,15H2,1H3. The molecule has 2 rings (SSSR count). The van der Waals surface area contributed by atoms with Crippen LogP contribution in [0.2, 0.25) is 0 Å².